The number of aryl methyl sites for hydroxylation is 3. The van der Waals surface area contributed by atoms with Crippen LogP contribution in [0.5, 0.6) is 0 Å². The summed E-state index contributed by atoms with van der Waals surface area (Å²) in [5.74, 6) is -0.193. The second-order valence-corrected chi connectivity index (χ2v) is 10.2. The van der Waals surface area contributed by atoms with Crippen LogP contribution in [0, 0.1) is 20.8 Å². The average molecular weight is 450 g/mol. The van der Waals surface area contributed by atoms with Crippen molar-refractivity contribution < 1.29 is 13.2 Å². The second kappa shape index (κ2) is 8.86. The number of anilines is 2. The molecular formula is C22H28ClN3O3S. The van der Waals surface area contributed by atoms with Crippen LogP contribution in [0.1, 0.15) is 16.7 Å². The summed E-state index contributed by atoms with van der Waals surface area (Å²) in [6.07, 6.45) is 1.13. The molecule has 1 aliphatic rings. The first-order chi connectivity index (χ1) is 14.1. The molecule has 0 radical (unpaired) electrons. The lowest BCUT2D eigenvalue weighted by Gasteiger charge is -2.37. The van der Waals surface area contributed by atoms with E-state index in [1.807, 2.05) is 51.1 Å². The van der Waals surface area contributed by atoms with Crippen molar-refractivity contribution in [3.63, 3.8) is 0 Å². The molecule has 1 saturated heterocycles. The maximum atomic E-state index is 12.9. The maximum absolute atomic E-state index is 12.9. The predicted octanol–water partition coefficient (Wildman–Crippen LogP) is 3.38. The smallest absolute Gasteiger partial charge is 0.243 e. The molecule has 2 aromatic carbocycles. The molecule has 0 atom stereocenters. The number of nitrogens with zero attached hydrogens (tertiary/aromatic N) is 3. The van der Waals surface area contributed by atoms with E-state index in [1.54, 1.807) is 11.0 Å². The lowest BCUT2D eigenvalue weighted by atomic mass is 10.1. The molecule has 0 N–H and O–H groups in total. The fourth-order valence-corrected chi connectivity index (χ4v) is 4.63. The zero-order valence-corrected chi connectivity index (χ0v) is 19.4. The van der Waals surface area contributed by atoms with Crippen LogP contribution in [0.2, 0.25) is 5.02 Å². The summed E-state index contributed by atoms with van der Waals surface area (Å²) in [5, 5.41) is 0.686. The van der Waals surface area contributed by atoms with Crippen molar-refractivity contribution in [3.05, 3.63) is 58.1 Å². The molecule has 3 rings (SSSR count). The van der Waals surface area contributed by atoms with Crippen LogP contribution in [-0.2, 0) is 14.8 Å². The molecule has 8 heteroatoms. The highest BCUT2D eigenvalue weighted by molar-refractivity contribution is 7.92. The van der Waals surface area contributed by atoms with Gasteiger partial charge in [-0.25, -0.2) is 8.42 Å². The quantitative estimate of drug-likeness (QED) is 0.702. The van der Waals surface area contributed by atoms with Gasteiger partial charge in [0.25, 0.3) is 0 Å². The predicted molar refractivity (Wildman–Crippen MR) is 123 cm³/mol. The van der Waals surface area contributed by atoms with Crippen LogP contribution >= 0.6 is 11.6 Å². The minimum atomic E-state index is -3.58. The molecule has 6 nitrogen and oxygen atoms in total. The van der Waals surface area contributed by atoms with Crippen LogP contribution in [0.4, 0.5) is 11.4 Å². The van der Waals surface area contributed by atoms with Gasteiger partial charge >= 0.3 is 0 Å². The number of piperazine rings is 1. The molecule has 0 aromatic heterocycles. The molecule has 0 aliphatic carbocycles. The van der Waals surface area contributed by atoms with Crippen LogP contribution in [-0.4, -0.2) is 58.2 Å². The SMILES string of the molecule is Cc1ccc(N(CC(=O)N2CCN(c3cc(Cl)ccc3C)CC2)S(C)(=O)=O)cc1C. The van der Waals surface area contributed by atoms with Gasteiger partial charge in [0, 0.05) is 36.9 Å². The maximum Gasteiger partial charge on any atom is 0.243 e. The van der Waals surface area contributed by atoms with E-state index in [9.17, 15) is 13.2 Å². The highest BCUT2D eigenvalue weighted by atomic mass is 35.5. The van der Waals surface area contributed by atoms with Gasteiger partial charge in [-0.15, -0.1) is 0 Å². The minimum absolute atomic E-state index is 0.193. The zero-order valence-electron chi connectivity index (χ0n) is 17.9. The summed E-state index contributed by atoms with van der Waals surface area (Å²) in [5.41, 5.74) is 4.78. The van der Waals surface area contributed by atoms with E-state index >= 15 is 0 Å². The van der Waals surface area contributed by atoms with E-state index in [0.29, 0.717) is 36.9 Å². The summed E-state index contributed by atoms with van der Waals surface area (Å²) in [4.78, 5) is 16.9. The summed E-state index contributed by atoms with van der Waals surface area (Å²) in [7, 11) is -3.58. The van der Waals surface area contributed by atoms with Gasteiger partial charge in [-0.1, -0.05) is 23.7 Å². The number of hydrogen-bond donors (Lipinski definition) is 0. The van der Waals surface area contributed by atoms with Crippen LogP contribution < -0.4 is 9.21 Å². The monoisotopic (exact) mass is 449 g/mol. The van der Waals surface area contributed by atoms with Crippen molar-refractivity contribution in [1.29, 1.82) is 0 Å². The van der Waals surface area contributed by atoms with Gasteiger partial charge < -0.3 is 9.80 Å². The Labute approximate surface area is 184 Å². The highest BCUT2D eigenvalue weighted by Crippen LogP contribution is 2.26. The topological polar surface area (TPSA) is 60.9 Å². The normalized spacial score (nSPS) is 14.7. The van der Waals surface area contributed by atoms with E-state index in [4.69, 9.17) is 11.6 Å². The Kier molecular flexibility index (Phi) is 6.62. The van der Waals surface area contributed by atoms with Crippen molar-refractivity contribution in [2.75, 3.05) is 48.2 Å². The Balaban J connectivity index is 1.70. The Bertz CT molecular complexity index is 1050. The van der Waals surface area contributed by atoms with Crippen molar-refractivity contribution in [3.8, 4) is 0 Å². The molecule has 162 valence electrons. The van der Waals surface area contributed by atoms with Crippen LogP contribution in [0.3, 0.4) is 0 Å². The number of carbonyl (C=O) groups excluding carboxylic acids is 1. The highest BCUT2D eigenvalue weighted by Gasteiger charge is 2.27. The fraction of sp³-hybridized carbons (Fsp3) is 0.409. The van der Waals surface area contributed by atoms with E-state index in [0.717, 1.165) is 28.6 Å². The fourth-order valence-electron chi connectivity index (χ4n) is 3.62. The van der Waals surface area contributed by atoms with Gasteiger partial charge in [0.15, 0.2) is 0 Å². The molecule has 1 heterocycles. The number of halogens is 1. The molecule has 0 unspecified atom stereocenters. The molecule has 1 fully saturated rings. The standard InChI is InChI=1S/C22H28ClN3O3S/c1-16-6-8-20(13-18(16)3)26(30(4,28)29)15-22(27)25-11-9-24(10-12-25)21-14-19(23)7-5-17(21)2/h5-8,13-14H,9-12,15H2,1-4H3. The van der Waals surface area contributed by atoms with Crippen molar-refractivity contribution in [1.82, 2.24) is 4.90 Å². The minimum Gasteiger partial charge on any atom is -0.368 e. The van der Waals surface area contributed by atoms with Crippen molar-refractivity contribution in [2.24, 2.45) is 0 Å². The largest absolute Gasteiger partial charge is 0.368 e. The Morgan fingerprint density at radius 3 is 2.20 bits per heavy atom. The van der Waals surface area contributed by atoms with Gasteiger partial charge in [-0.3, -0.25) is 9.10 Å². The average Bonchev–Trinajstić information content (AvgIpc) is 2.69. The molecule has 0 saturated carbocycles. The number of sulfonamides is 1. The van der Waals surface area contributed by atoms with E-state index in [-0.39, 0.29) is 12.5 Å². The summed E-state index contributed by atoms with van der Waals surface area (Å²) in [6.45, 7) is 8.16. The first-order valence-electron chi connectivity index (χ1n) is 9.90. The van der Waals surface area contributed by atoms with Gasteiger partial charge in [-0.05, 0) is 61.7 Å². The van der Waals surface area contributed by atoms with Gasteiger partial charge in [0.05, 0.1) is 11.9 Å². The third-order valence-corrected chi connectivity index (χ3v) is 6.98. The van der Waals surface area contributed by atoms with Gasteiger partial charge in [-0.2, -0.15) is 0 Å². The summed E-state index contributed by atoms with van der Waals surface area (Å²) >= 11 is 6.14. The van der Waals surface area contributed by atoms with E-state index < -0.39 is 10.0 Å². The Morgan fingerprint density at radius 2 is 1.60 bits per heavy atom. The summed E-state index contributed by atoms with van der Waals surface area (Å²) < 4.78 is 26.0. The lowest BCUT2D eigenvalue weighted by Crippen LogP contribution is -2.52. The molecular weight excluding hydrogens is 422 g/mol. The molecule has 1 aliphatic heterocycles. The first kappa shape index (κ1) is 22.4. The first-order valence-corrected chi connectivity index (χ1v) is 12.1. The van der Waals surface area contributed by atoms with Crippen molar-refractivity contribution >= 4 is 38.9 Å². The van der Waals surface area contributed by atoms with E-state index in [2.05, 4.69) is 4.90 Å². The lowest BCUT2D eigenvalue weighted by molar-refractivity contribution is -0.129. The third-order valence-electron chi connectivity index (χ3n) is 5.60. The molecule has 2 aromatic rings. The van der Waals surface area contributed by atoms with Gasteiger partial charge in [0.1, 0.15) is 6.54 Å². The van der Waals surface area contributed by atoms with E-state index in [1.165, 1.54) is 4.31 Å². The number of rotatable bonds is 5. The number of hydrogen-bond acceptors (Lipinski definition) is 4. The number of carbonyl (C=O) groups is 1. The molecule has 1 amide bonds. The van der Waals surface area contributed by atoms with Crippen LogP contribution in [0.25, 0.3) is 0 Å². The zero-order chi connectivity index (χ0) is 22.1. The van der Waals surface area contributed by atoms with Crippen LogP contribution in [0.15, 0.2) is 36.4 Å². The second-order valence-electron chi connectivity index (χ2n) is 7.84. The third kappa shape index (κ3) is 5.08. The summed E-state index contributed by atoms with van der Waals surface area (Å²) in [6, 6.07) is 11.2. The molecule has 0 bridgehead atoms. The van der Waals surface area contributed by atoms with Crippen molar-refractivity contribution in [2.45, 2.75) is 20.8 Å². The molecule has 30 heavy (non-hydrogen) atoms. The number of benzene rings is 2. The Hall–Kier alpha value is -2.25. The van der Waals surface area contributed by atoms with Gasteiger partial charge in [0.2, 0.25) is 15.9 Å². The molecule has 0 spiro atoms. The number of amides is 1. The Morgan fingerprint density at radius 1 is 0.967 bits per heavy atom.